The molecule has 154 valence electrons. The van der Waals surface area contributed by atoms with Crippen molar-refractivity contribution in [2.45, 2.75) is 19.1 Å². The third kappa shape index (κ3) is 3.91. The van der Waals surface area contributed by atoms with Gasteiger partial charge in [-0.2, -0.15) is 5.21 Å². The first kappa shape index (κ1) is 20.0. The van der Waals surface area contributed by atoms with Crippen LogP contribution in [0.3, 0.4) is 0 Å². The van der Waals surface area contributed by atoms with E-state index in [1.165, 1.54) is 0 Å². The number of hydrogen-bond acceptors (Lipinski definition) is 7. The highest BCUT2D eigenvalue weighted by molar-refractivity contribution is 7.93. The van der Waals surface area contributed by atoms with Crippen LogP contribution in [0, 0.1) is 0 Å². The number of aromatic nitrogens is 4. The number of rotatable bonds is 6. The second-order valence-corrected chi connectivity index (χ2v) is 10.1. The molecule has 0 aliphatic carbocycles. The summed E-state index contributed by atoms with van der Waals surface area (Å²) in [7, 11) is -3.55. The summed E-state index contributed by atoms with van der Waals surface area (Å²) in [5.74, 6) is 0.384. The smallest absolute Gasteiger partial charge is 0.235 e. The van der Waals surface area contributed by atoms with Gasteiger partial charge in [0.05, 0.1) is 21.5 Å². The Hall–Kier alpha value is -3.24. The lowest BCUT2D eigenvalue weighted by Gasteiger charge is -2.16. The minimum absolute atomic E-state index is 0.384. The Morgan fingerprint density at radius 1 is 1.03 bits per heavy atom. The number of hydrogen-bond donors (Lipinski definition) is 3. The Morgan fingerprint density at radius 2 is 1.73 bits per heavy atom. The maximum absolute atomic E-state index is 12.6. The molecular formula is C20H20N6O2S2. The highest BCUT2D eigenvalue weighted by Crippen LogP contribution is 2.36. The summed E-state index contributed by atoms with van der Waals surface area (Å²) in [5.41, 5.74) is 10.5. The van der Waals surface area contributed by atoms with E-state index in [0.717, 1.165) is 27.3 Å². The van der Waals surface area contributed by atoms with E-state index in [-0.39, 0.29) is 0 Å². The molecule has 0 spiro atoms. The van der Waals surface area contributed by atoms with Crippen LogP contribution in [-0.2, 0) is 10.0 Å². The topological polar surface area (TPSA) is 127 Å². The summed E-state index contributed by atoms with van der Waals surface area (Å²) in [6.07, 6.45) is 0. The minimum Gasteiger partial charge on any atom is -0.398 e. The van der Waals surface area contributed by atoms with E-state index in [1.807, 2.05) is 47.8 Å². The van der Waals surface area contributed by atoms with E-state index < -0.39 is 15.3 Å². The number of nitrogens with zero attached hydrogens (tertiary/aromatic N) is 3. The Labute approximate surface area is 178 Å². The normalized spacial score (nSPS) is 11.7. The maximum Gasteiger partial charge on any atom is 0.235 e. The lowest BCUT2D eigenvalue weighted by Crippen LogP contribution is -2.22. The van der Waals surface area contributed by atoms with Crippen LogP contribution in [0.1, 0.15) is 13.8 Å². The van der Waals surface area contributed by atoms with Crippen LogP contribution in [0.4, 0.5) is 11.4 Å². The van der Waals surface area contributed by atoms with Crippen molar-refractivity contribution < 1.29 is 8.42 Å². The summed E-state index contributed by atoms with van der Waals surface area (Å²) >= 11 is 1.58. The van der Waals surface area contributed by atoms with Crippen LogP contribution in [0.5, 0.6) is 0 Å². The Morgan fingerprint density at radius 3 is 2.33 bits per heavy atom. The molecular weight excluding hydrogens is 420 g/mol. The standard InChI is InChI=1S/C20H20N6O2S2/c1-12(2)30(27,28)24-18-11-15(20-22-25-26-23-20)7-8-16(18)13-3-5-14(6-4-13)19-17(21)9-10-29-19/h3-12,24H,21H2,1-2H3,(H,22,23,25,26). The third-order valence-corrected chi connectivity index (χ3v) is 7.37. The van der Waals surface area contributed by atoms with Gasteiger partial charge >= 0.3 is 0 Å². The van der Waals surface area contributed by atoms with Gasteiger partial charge in [-0.1, -0.05) is 36.4 Å². The lowest BCUT2D eigenvalue weighted by molar-refractivity contribution is 0.593. The van der Waals surface area contributed by atoms with Crippen LogP contribution in [0.25, 0.3) is 33.0 Å². The van der Waals surface area contributed by atoms with E-state index in [1.54, 1.807) is 31.3 Å². The zero-order valence-electron chi connectivity index (χ0n) is 16.3. The Bertz CT molecular complexity index is 1260. The molecule has 10 heteroatoms. The SMILES string of the molecule is CC(C)S(=O)(=O)Nc1cc(-c2nn[nH]n2)ccc1-c1ccc(-c2sccc2N)cc1. The summed E-state index contributed by atoms with van der Waals surface area (Å²) in [5, 5.41) is 15.3. The molecule has 0 atom stereocenters. The van der Waals surface area contributed by atoms with Gasteiger partial charge in [-0.3, -0.25) is 4.72 Å². The first-order valence-corrected chi connectivity index (χ1v) is 11.6. The van der Waals surface area contributed by atoms with Gasteiger partial charge in [-0.05, 0) is 47.7 Å². The number of aromatic amines is 1. The highest BCUT2D eigenvalue weighted by atomic mass is 32.2. The summed E-state index contributed by atoms with van der Waals surface area (Å²) in [6, 6.07) is 15.1. The second-order valence-electron chi connectivity index (χ2n) is 6.97. The van der Waals surface area contributed by atoms with E-state index in [0.29, 0.717) is 17.1 Å². The Balaban J connectivity index is 1.77. The molecule has 0 radical (unpaired) electrons. The second kappa shape index (κ2) is 7.88. The maximum atomic E-state index is 12.6. The van der Waals surface area contributed by atoms with Crippen LogP contribution in [-0.4, -0.2) is 34.3 Å². The number of benzene rings is 2. The average Bonchev–Trinajstić information content (AvgIpc) is 3.40. The van der Waals surface area contributed by atoms with Crippen molar-refractivity contribution in [1.82, 2.24) is 20.6 Å². The van der Waals surface area contributed by atoms with Crippen molar-refractivity contribution in [3.63, 3.8) is 0 Å². The summed E-state index contributed by atoms with van der Waals surface area (Å²) in [6.45, 7) is 3.26. The van der Waals surface area contributed by atoms with Gasteiger partial charge < -0.3 is 5.73 Å². The van der Waals surface area contributed by atoms with Crippen molar-refractivity contribution in [2.24, 2.45) is 0 Å². The minimum atomic E-state index is -3.55. The van der Waals surface area contributed by atoms with E-state index in [2.05, 4.69) is 25.3 Å². The highest BCUT2D eigenvalue weighted by Gasteiger charge is 2.19. The molecule has 0 aliphatic rings. The van der Waals surface area contributed by atoms with Gasteiger partial charge in [0.25, 0.3) is 0 Å². The van der Waals surface area contributed by atoms with E-state index in [9.17, 15) is 8.42 Å². The van der Waals surface area contributed by atoms with E-state index in [4.69, 9.17) is 5.73 Å². The van der Waals surface area contributed by atoms with Gasteiger partial charge in [0, 0.05) is 11.1 Å². The number of sulfonamides is 1. The number of anilines is 2. The number of nitrogen functional groups attached to an aromatic ring is 1. The molecule has 4 aromatic rings. The number of H-pyrrole nitrogens is 1. The fourth-order valence-electron chi connectivity index (χ4n) is 2.93. The van der Waals surface area contributed by atoms with Gasteiger partial charge in [-0.25, -0.2) is 8.42 Å². The largest absolute Gasteiger partial charge is 0.398 e. The van der Waals surface area contributed by atoms with E-state index >= 15 is 0 Å². The molecule has 8 nitrogen and oxygen atoms in total. The molecule has 0 saturated heterocycles. The van der Waals surface area contributed by atoms with Crippen molar-refractivity contribution >= 4 is 32.7 Å². The summed E-state index contributed by atoms with van der Waals surface area (Å²) < 4.78 is 27.8. The van der Waals surface area contributed by atoms with Crippen molar-refractivity contribution in [3.05, 3.63) is 53.9 Å². The van der Waals surface area contributed by atoms with Crippen LogP contribution < -0.4 is 10.5 Å². The molecule has 0 bridgehead atoms. The predicted octanol–water partition coefficient (Wildman–Crippen LogP) is 3.99. The number of nitrogens with two attached hydrogens (primary N) is 1. The van der Waals surface area contributed by atoms with Crippen LogP contribution in [0.15, 0.2) is 53.9 Å². The zero-order valence-corrected chi connectivity index (χ0v) is 18.0. The van der Waals surface area contributed by atoms with Crippen molar-refractivity contribution in [2.75, 3.05) is 10.5 Å². The van der Waals surface area contributed by atoms with Gasteiger partial charge in [-0.15, -0.1) is 21.5 Å². The van der Waals surface area contributed by atoms with Gasteiger partial charge in [0.15, 0.2) is 0 Å². The number of thiophene rings is 1. The molecule has 0 amide bonds. The molecule has 30 heavy (non-hydrogen) atoms. The molecule has 0 fully saturated rings. The number of tetrazole rings is 1. The fraction of sp³-hybridized carbons (Fsp3) is 0.150. The third-order valence-electron chi connectivity index (χ3n) is 4.65. The quantitative estimate of drug-likeness (QED) is 0.416. The van der Waals surface area contributed by atoms with Crippen LogP contribution >= 0.6 is 11.3 Å². The zero-order chi connectivity index (χ0) is 21.3. The monoisotopic (exact) mass is 440 g/mol. The molecule has 4 N–H and O–H groups in total. The molecule has 2 aromatic carbocycles. The summed E-state index contributed by atoms with van der Waals surface area (Å²) in [4.78, 5) is 1.01. The molecule has 0 aliphatic heterocycles. The molecule has 0 saturated carbocycles. The molecule has 0 unspecified atom stereocenters. The Kier molecular flexibility index (Phi) is 5.27. The van der Waals surface area contributed by atoms with Gasteiger partial charge in [0.2, 0.25) is 15.8 Å². The van der Waals surface area contributed by atoms with Crippen molar-refractivity contribution in [3.8, 4) is 33.0 Å². The molecule has 4 rings (SSSR count). The fourth-order valence-corrected chi connectivity index (χ4v) is 4.47. The van der Waals surface area contributed by atoms with Crippen LogP contribution in [0.2, 0.25) is 0 Å². The molecule has 2 aromatic heterocycles. The predicted molar refractivity (Wildman–Crippen MR) is 120 cm³/mol. The van der Waals surface area contributed by atoms with Crippen molar-refractivity contribution in [1.29, 1.82) is 0 Å². The first-order valence-electron chi connectivity index (χ1n) is 9.18. The number of nitrogens with one attached hydrogen (secondary N) is 2. The first-order chi connectivity index (χ1) is 14.3. The van der Waals surface area contributed by atoms with Gasteiger partial charge in [0.1, 0.15) is 0 Å². The molecule has 2 heterocycles. The average molecular weight is 441 g/mol. The lowest BCUT2D eigenvalue weighted by atomic mass is 10.00.